The summed E-state index contributed by atoms with van der Waals surface area (Å²) < 4.78 is 42.5. The molecule has 26 heavy (non-hydrogen) atoms. The third-order valence-electron chi connectivity index (χ3n) is 3.79. The Kier molecular flexibility index (Phi) is 3.89. The van der Waals surface area contributed by atoms with Crippen LogP contribution in [-0.4, -0.2) is 22.8 Å². The molecule has 8 heteroatoms. The van der Waals surface area contributed by atoms with E-state index in [-0.39, 0.29) is 0 Å². The molecule has 1 N–H and O–H groups in total. The largest absolute Gasteiger partial charge is 0.291 e. The number of imidazole rings is 1. The van der Waals surface area contributed by atoms with Crippen LogP contribution in [0.1, 0.15) is 0 Å². The summed E-state index contributed by atoms with van der Waals surface area (Å²) in [5.74, 6) is -0.222. The van der Waals surface area contributed by atoms with Gasteiger partial charge in [-0.05, 0) is 30.3 Å². The van der Waals surface area contributed by atoms with Crippen LogP contribution in [0.25, 0.3) is 17.0 Å². The van der Waals surface area contributed by atoms with Gasteiger partial charge in [0, 0.05) is 29.8 Å². The van der Waals surface area contributed by atoms with E-state index in [1.807, 2.05) is 12.4 Å². The molecule has 0 bridgehead atoms. The number of rotatable bonds is 4. The fraction of sp³-hybridized carbons (Fsp3) is 0. The molecule has 0 unspecified atom stereocenters. The molecular weight excluding hydrogens is 355 g/mol. The summed E-state index contributed by atoms with van der Waals surface area (Å²) in [4.78, 5) is 8.18. The first-order valence-electron chi connectivity index (χ1n) is 7.70. The molecule has 0 aliphatic carbocycles. The first-order chi connectivity index (χ1) is 12.5. The van der Waals surface area contributed by atoms with Crippen LogP contribution >= 0.6 is 0 Å². The van der Waals surface area contributed by atoms with Crippen molar-refractivity contribution in [3.63, 3.8) is 0 Å². The minimum absolute atomic E-state index is 0.332. The van der Waals surface area contributed by atoms with Crippen LogP contribution in [0.5, 0.6) is 0 Å². The number of hydrogen-bond donors (Lipinski definition) is 1. The van der Waals surface area contributed by atoms with E-state index in [9.17, 15) is 12.8 Å². The highest BCUT2D eigenvalue weighted by Crippen LogP contribution is 2.23. The smallest absolute Gasteiger partial charge is 0.264 e. The third-order valence-corrected chi connectivity index (χ3v) is 5.21. The van der Waals surface area contributed by atoms with E-state index in [0.717, 1.165) is 11.6 Å². The van der Waals surface area contributed by atoms with Crippen LogP contribution in [-0.2, 0) is 10.0 Å². The topological polar surface area (TPSA) is 76.4 Å². The number of benzene rings is 2. The van der Waals surface area contributed by atoms with Gasteiger partial charge in [0.15, 0.2) is 0 Å². The number of aromatic nitrogens is 3. The SMILES string of the molecule is O=S(=O)(Nc1ccc(-c2cn3cccnc3n2)cc1)c1ccccc1F. The van der Waals surface area contributed by atoms with Crippen molar-refractivity contribution in [2.75, 3.05) is 4.72 Å². The van der Waals surface area contributed by atoms with Gasteiger partial charge in [-0.25, -0.2) is 22.8 Å². The first-order valence-corrected chi connectivity index (χ1v) is 9.19. The van der Waals surface area contributed by atoms with Gasteiger partial charge in [0.25, 0.3) is 10.0 Å². The molecule has 0 amide bonds. The lowest BCUT2D eigenvalue weighted by atomic mass is 10.1. The van der Waals surface area contributed by atoms with Crippen molar-refractivity contribution in [2.24, 2.45) is 0 Å². The van der Waals surface area contributed by atoms with Crippen molar-refractivity contribution in [2.45, 2.75) is 4.90 Å². The van der Waals surface area contributed by atoms with E-state index < -0.39 is 20.7 Å². The molecule has 6 nitrogen and oxygen atoms in total. The summed E-state index contributed by atoms with van der Waals surface area (Å²) in [7, 11) is -4.00. The van der Waals surface area contributed by atoms with Gasteiger partial charge in [0.05, 0.1) is 5.69 Å². The predicted octanol–water partition coefficient (Wildman–Crippen LogP) is 3.34. The molecule has 2 heterocycles. The van der Waals surface area contributed by atoms with Gasteiger partial charge >= 0.3 is 0 Å². The Balaban J connectivity index is 1.61. The van der Waals surface area contributed by atoms with Crippen LogP contribution in [0.15, 0.2) is 78.1 Å². The summed E-state index contributed by atoms with van der Waals surface area (Å²) in [5.41, 5.74) is 1.86. The number of anilines is 1. The zero-order valence-corrected chi connectivity index (χ0v) is 14.2. The molecule has 0 aliphatic heterocycles. The lowest BCUT2D eigenvalue weighted by molar-refractivity contribution is 0.570. The van der Waals surface area contributed by atoms with Crippen molar-refractivity contribution in [1.82, 2.24) is 14.4 Å². The third kappa shape index (κ3) is 3.02. The van der Waals surface area contributed by atoms with Gasteiger partial charge in [-0.15, -0.1) is 0 Å². The molecule has 0 spiro atoms. The van der Waals surface area contributed by atoms with Gasteiger partial charge in [0.2, 0.25) is 5.78 Å². The normalized spacial score (nSPS) is 11.6. The minimum atomic E-state index is -4.00. The molecule has 0 fully saturated rings. The van der Waals surface area contributed by atoms with Crippen molar-refractivity contribution in [3.05, 3.63) is 79.0 Å². The maximum absolute atomic E-state index is 13.7. The van der Waals surface area contributed by atoms with Gasteiger partial charge in [0.1, 0.15) is 10.7 Å². The number of fused-ring (bicyclic) bond motifs is 1. The highest BCUT2D eigenvalue weighted by Gasteiger charge is 2.18. The van der Waals surface area contributed by atoms with Crippen molar-refractivity contribution in [3.8, 4) is 11.3 Å². The molecule has 0 radical (unpaired) electrons. The summed E-state index contributed by atoms with van der Waals surface area (Å²) in [6, 6.07) is 13.7. The van der Waals surface area contributed by atoms with Crippen molar-refractivity contribution < 1.29 is 12.8 Å². The molecule has 0 saturated carbocycles. The molecule has 2 aromatic heterocycles. The second-order valence-electron chi connectivity index (χ2n) is 5.57. The molecule has 130 valence electrons. The van der Waals surface area contributed by atoms with Gasteiger partial charge in [-0.3, -0.25) is 9.12 Å². The molecule has 4 aromatic rings. The van der Waals surface area contributed by atoms with Gasteiger partial charge in [-0.2, -0.15) is 0 Å². The van der Waals surface area contributed by atoms with Gasteiger partial charge in [-0.1, -0.05) is 24.3 Å². The van der Waals surface area contributed by atoms with Crippen LogP contribution in [0, 0.1) is 5.82 Å². The summed E-state index contributed by atoms with van der Waals surface area (Å²) in [6.45, 7) is 0. The predicted molar refractivity (Wildman–Crippen MR) is 95.6 cm³/mol. The zero-order chi connectivity index (χ0) is 18.1. The summed E-state index contributed by atoms with van der Waals surface area (Å²) in [6.07, 6.45) is 5.34. The maximum atomic E-state index is 13.7. The molecule has 0 atom stereocenters. The average Bonchev–Trinajstić information content (AvgIpc) is 3.06. The Hall–Kier alpha value is -3.26. The highest BCUT2D eigenvalue weighted by atomic mass is 32.2. The quantitative estimate of drug-likeness (QED) is 0.599. The van der Waals surface area contributed by atoms with Crippen molar-refractivity contribution in [1.29, 1.82) is 0 Å². The Morgan fingerprint density at radius 2 is 1.77 bits per heavy atom. The number of hydrogen-bond acceptors (Lipinski definition) is 4. The van der Waals surface area contributed by atoms with Gasteiger partial charge < -0.3 is 0 Å². The highest BCUT2D eigenvalue weighted by molar-refractivity contribution is 7.92. The Morgan fingerprint density at radius 3 is 2.50 bits per heavy atom. The van der Waals surface area contributed by atoms with E-state index in [2.05, 4.69) is 14.7 Å². The average molecular weight is 368 g/mol. The Labute approximate surface area is 149 Å². The first kappa shape index (κ1) is 16.2. The van der Waals surface area contributed by atoms with E-state index in [4.69, 9.17) is 0 Å². The van der Waals surface area contributed by atoms with Crippen molar-refractivity contribution >= 4 is 21.5 Å². The molecule has 0 aliphatic rings. The standard InChI is InChI=1S/C18H13FN4O2S/c19-15-4-1-2-5-17(15)26(24,25)22-14-8-6-13(7-9-14)16-12-23-11-3-10-20-18(23)21-16/h1-12,22H. The van der Waals surface area contributed by atoms with E-state index in [0.29, 0.717) is 17.2 Å². The van der Waals surface area contributed by atoms with E-state index in [1.54, 1.807) is 40.9 Å². The number of sulfonamides is 1. The second kappa shape index (κ2) is 6.23. The second-order valence-corrected chi connectivity index (χ2v) is 7.22. The Morgan fingerprint density at radius 1 is 1.00 bits per heavy atom. The van der Waals surface area contributed by atoms with Crippen LogP contribution in [0.3, 0.4) is 0 Å². The monoisotopic (exact) mass is 368 g/mol. The maximum Gasteiger partial charge on any atom is 0.264 e. The summed E-state index contributed by atoms with van der Waals surface area (Å²) >= 11 is 0. The Bertz CT molecular complexity index is 1150. The lowest BCUT2D eigenvalue weighted by Crippen LogP contribution is -2.14. The fourth-order valence-electron chi connectivity index (χ4n) is 2.55. The lowest BCUT2D eigenvalue weighted by Gasteiger charge is -2.09. The van der Waals surface area contributed by atoms with Crippen LogP contribution < -0.4 is 4.72 Å². The molecule has 2 aromatic carbocycles. The van der Waals surface area contributed by atoms with Crippen LogP contribution in [0.4, 0.5) is 10.1 Å². The number of halogens is 1. The number of nitrogens with one attached hydrogen (secondary N) is 1. The molecule has 0 saturated heterocycles. The summed E-state index contributed by atoms with van der Waals surface area (Å²) in [5, 5.41) is 0. The fourth-order valence-corrected chi connectivity index (χ4v) is 3.69. The minimum Gasteiger partial charge on any atom is -0.291 e. The zero-order valence-electron chi connectivity index (χ0n) is 13.4. The number of nitrogens with zero attached hydrogens (tertiary/aromatic N) is 3. The van der Waals surface area contributed by atoms with E-state index in [1.165, 1.54) is 18.2 Å². The molecular formula is C18H13FN4O2S. The van der Waals surface area contributed by atoms with Crippen LogP contribution in [0.2, 0.25) is 0 Å². The van der Waals surface area contributed by atoms with E-state index >= 15 is 0 Å². The molecule has 4 rings (SSSR count).